The molecule has 2 heterocycles. The van der Waals surface area contributed by atoms with Gasteiger partial charge in [0.25, 0.3) is 5.91 Å². The smallest absolute Gasteiger partial charge is 0.252 e. The van der Waals surface area contributed by atoms with Crippen LogP contribution in [0.5, 0.6) is 0 Å². The van der Waals surface area contributed by atoms with Crippen LogP contribution in [-0.4, -0.2) is 42.9 Å². The van der Waals surface area contributed by atoms with E-state index in [4.69, 9.17) is 0 Å². The Kier molecular flexibility index (Phi) is 6.80. The number of thiophene rings is 1. The summed E-state index contributed by atoms with van der Waals surface area (Å²) >= 11 is 1.49. The van der Waals surface area contributed by atoms with Crippen LogP contribution in [0.25, 0.3) is 0 Å². The highest BCUT2D eigenvalue weighted by atomic mass is 32.1. The van der Waals surface area contributed by atoms with Crippen molar-refractivity contribution in [3.8, 4) is 0 Å². The number of carbonyl (C=O) groups is 2. The average Bonchev–Trinajstić information content (AvgIpc) is 3.20. The number of rotatable bonds is 8. The molecule has 0 radical (unpaired) electrons. The molecular weight excluding hydrogens is 346 g/mol. The van der Waals surface area contributed by atoms with Crippen molar-refractivity contribution in [3.63, 3.8) is 0 Å². The SMILES string of the molecule is O=C(CCNC(=O)c1ccsc1)NCCCN1CCc2ccccc2C1. The van der Waals surface area contributed by atoms with Crippen molar-refractivity contribution >= 4 is 23.2 Å². The lowest BCUT2D eigenvalue weighted by atomic mass is 10.00. The van der Waals surface area contributed by atoms with Gasteiger partial charge >= 0.3 is 0 Å². The highest BCUT2D eigenvalue weighted by Crippen LogP contribution is 2.18. The van der Waals surface area contributed by atoms with Crippen LogP contribution < -0.4 is 10.6 Å². The Hall–Kier alpha value is -2.18. The number of nitrogens with zero attached hydrogens (tertiary/aromatic N) is 1. The molecule has 3 rings (SSSR count). The fourth-order valence-electron chi connectivity index (χ4n) is 3.15. The third-order valence-electron chi connectivity index (χ3n) is 4.60. The molecule has 1 aliphatic heterocycles. The molecule has 0 saturated heterocycles. The van der Waals surface area contributed by atoms with Gasteiger partial charge in [-0.25, -0.2) is 0 Å². The normalized spacial score (nSPS) is 13.8. The monoisotopic (exact) mass is 371 g/mol. The molecule has 0 spiro atoms. The van der Waals surface area contributed by atoms with E-state index in [9.17, 15) is 9.59 Å². The third kappa shape index (κ3) is 5.41. The van der Waals surface area contributed by atoms with E-state index in [-0.39, 0.29) is 11.8 Å². The van der Waals surface area contributed by atoms with Crippen molar-refractivity contribution < 1.29 is 9.59 Å². The van der Waals surface area contributed by atoms with E-state index < -0.39 is 0 Å². The van der Waals surface area contributed by atoms with Gasteiger partial charge in [0.1, 0.15) is 0 Å². The molecule has 2 amide bonds. The zero-order chi connectivity index (χ0) is 18.2. The van der Waals surface area contributed by atoms with Crippen molar-refractivity contribution in [2.24, 2.45) is 0 Å². The fourth-order valence-corrected chi connectivity index (χ4v) is 3.79. The third-order valence-corrected chi connectivity index (χ3v) is 5.29. The molecular formula is C20H25N3O2S. The van der Waals surface area contributed by atoms with Crippen molar-refractivity contribution in [2.75, 3.05) is 26.2 Å². The van der Waals surface area contributed by atoms with Crippen molar-refractivity contribution in [2.45, 2.75) is 25.8 Å². The maximum Gasteiger partial charge on any atom is 0.252 e. The predicted octanol–water partition coefficient (Wildman–Crippen LogP) is 2.43. The fraction of sp³-hybridized carbons (Fsp3) is 0.400. The first kappa shape index (κ1) is 18.6. The highest BCUT2D eigenvalue weighted by Gasteiger charge is 2.15. The summed E-state index contributed by atoms with van der Waals surface area (Å²) in [5.74, 6) is -0.135. The standard InChI is InChI=1S/C20H25N3O2S/c24-19(6-10-22-20(25)18-8-13-26-15-18)21-9-3-11-23-12-7-16-4-1-2-5-17(16)14-23/h1-2,4-5,8,13,15H,3,6-7,9-12,14H2,(H,21,24)(H,22,25). The topological polar surface area (TPSA) is 61.4 Å². The Morgan fingerprint density at radius 1 is 1.08 bits per heavy atom. The first-order valence-corrected chi connectivity index (χ1v) is 10.0. The number of hydrogen-bond acceptors (Lipinski definition) is 4. The summed E-state index contributed by atoms with van der Waals surface area (Å²) in [5, 5.41) is 9.36. The van der Waals surface area contributed by atoms with E-state index in [2.05, 4.69) is 39.8 Å². The van der Waals surface area contributed by atoms with Crippen LogP contribution in [0, 0.1) is 0 Å². The molecule has 0 aliphatic carbocycles. The Balaban J connectivity index is 1.26. The van der Waals surface area contributed by atoms with Gasteiger partial charge in [-0.3, -0.25) is 14.5 Å². The molecule has 1 aliphatic rings. The van der Waals surface area contributed by atoms with E-state index in [0.29, 0.717) is 25.1 Å². The first-order valence-electron chi connectivity index (χ1n) is 9.08. The molecule has 1 aromatic heterocycles. The number of carbonyl (C=O) groups excluding carboxylic acids is 2. The van der Waals surface area contributed by atoms with Crippen LogP contribution in [0.15, 0.2) is 41.1 Å². The second-order valence-electron chi connectivity index (χ2n) is 6.52. The summed E-state index contributed by atoms with van der Waals surface area (Å²) in [5.41, 5.74) is 3.53. The van der Waals surface area contributed by atoms with Gasteiger partial charge in [-0.05, 0) is 35.4 Å². The molecule has 1 aromatic carbocycles. The molecule has 0 fully saturated rings. The maximum atomic E-state index is 11.9. The van der Waals surface area contributed by atoms with Crippen molar-refractivity contribution in [1.29, 1.82) is 0 Å². The Bertz CT molecular complexity index is 730. The average molecular weight is 372 g/mol. The van der Waals surface area contributed by atoms with Crippen molar-refractivity contribution in [1.82, 2.24) is 15.5 Å². The summed E-state index contributed by atoms with van der Waals surface area (Å²) < 4.78 is 0. The van der Waals surface area contributed by atoms with Gasteiger partial charge in [0, 0.05) is 50.1 Å². The highest BCUT2D eigenvalue weighted by molar-refractivity contribution is 7.08. The quantitative estimate of drug-likeness (QED) is 0.701. The molecule has 0 saturated carbocycles. The molecule has 6 heteroatoms. The molecule has 26 heavy (non-hydrogen) atoms. The largest absolute Gasteiger partial charge is 0.356 e. The van der Waals surface area contributed by atoms with Gasteiger partial charge in [-0.2, -0.15) is 11.3 Å². The van der Waals surface area contributed by atoms with E-state index in [1.165, 1.54) is 22.5 Å². The van der Waals surface area contributed by atoms with E-state index >= 15 is 0 Å². The Morgan fingerprint density at radius 2 is 1.92 bits per heavy atom. The van der Waals surface area contributed by atoms with E-state index in [1.54, 1.807) is 11.4 Å². The maximum absolute atomic E-state index is 11.9. The van der Waals surface area contributed by atoms with Crippen LogP contribution in [0.2, 0.25) is 0 Å². The van der Waals surface area contributed by atoms with Gasteiger partial charge in [-0.15, -0.1) is 0 Å². The lowest BCUT2D eigenvalue weighted by Gasteiger charge is -2.28. The minimum atomic E-state index is -0.121. The number of nitrogens with one attached hydrogen (secondary N) is 2. The van der Waals surface area contributed by atoms with Gasteiger partial charge < -0.3 is 10.6 Å². The van der Waals surface area contributed by atoms with Gasteiger partial charge in [-0.1, -0.05) is 24.3 Å². The van der Waals surface area contributed by atoms with Crippen LogP contribution in [-0.2, 0) is 17.8 Å². The number of amides is 2. The Morgan fingerprint density at radius 3 is 2.73 bits per heavy atom. The zero-order valence-electron chi connectivity index (χ0n) is 14.9. The van der Waals surface area contributed by atoms with Crippen LogP contribution in [0.4, 0.5) is 0 Å². The summed E-state index contributed by atoms with van der Waals surface area (Å²) in [7, 11) is 0. The van der Waals surface area contributed by atoms with Gasteiger partial charge in [0.2, 0.25) is 5.91 Å². The molecule has 0 unspecified atom stereocenters. The molecule has 0 bridgehead atoms. The first-order chi connectivity index (χ1) is 12.7. The summed E-state index contributed by atoms with van der Waals surface area (Å²) in [4.78, 5) is 26.1. The van der Waals surface area contributed by atoms with Gasteiger partial charge in [0.05, 0.1) is 0 Å². The number of fused-ring (bicyclic) bond motifs is 1. The summed E-state index contributed by atoms with van der Waals surface area (Å²) in [6.45, 7) is 4.11. The lowest BCUT2D eigenvalue weighted by molar-refractivity contribution is -0.120. The second-order valence-corrected chi connectivity index (χ2v) is 7.30. The number of hydrogen-bond donors (Lipinski definition) is 2. The summed E-state index contributed by atoms with van der Waals surface area (Å²) in [6.07, 6.45) is 2.36. The molecule has 5 nitrogen and oxygen atoms in total. The second kappa shape index (κ2) is 9.50. The minimum absolute atomic E-state index is 0.0143. The van der Waals surface area contributed by atoms with E-state index in [0.717, 1.165) is 32.5 Å². The van der Waals surface area contributed by atoms with E-state index in [1.807, 2.05) is 5.38 Å². The molecule has 0 atom stereocenters. The molecule has 2 N–H and O–H groups in total. The van der Waals surface area contributed by atoms with Crippen LogP contribution in [0.1, 0.15) is 34.3 Å². The Labute approximate surface area is 158 Å². The van der Waals surface area contributed by atoms with Crippen LogP contribution in [0.3, 0.4) is 0 Å². The number of benzene rings is 1. The lowest BCUT2D eigenvalue weighted by Crippen LogP contribution is -2.34. The van der Waals surface area contributed by atoms with Crippen LogP contribution >= 0.6 is 11.3 Å². The molecule has 2 aromatic rings. The molecule has 138 valence electrons. The summed E-state index contributed by atoms with van der Waals surface area (Å²) in [6, 6.07) is 10.4. The zero-order valence-corrected chi connectivity index (χ0v) is 15.7. The van der Waals surface area contributed by atoms with Gasteiger partial charge in [0.15, 0.2) is 0 Å². The van der Waals surface area contributed by atoms with Crippen molar-refractivity contribution in [3.05, 3.63) is 57.8 Å². The predicted molar refractivity (Wildman–Crippen MR) is 104 cm³/mol. The minimum Gasteiger partial charge on any atom is -0.356 e.